The number of hydrogen-bond donors (Lipinski definition) is 1. The van der Waals surface area contributed by atoms with Crippen molar-refractivity contribution in [3.63, 3.8) is 0 Å². The molecule has 0 amide bonds. The standard InChI is InChI=1S/C8H17N3/c1-4-7-5-10-8(9-2)11(3)6-7/h5,7-9H,4,6H2,1-3H3. The van der Waals surface area contributed by atoms with E-state index in [-0.39, 0.29) is 6.29 Å². The second-order valence-electron chi connectivity index (χ2n) is 3.07. The molecule has 1 aliphatic heterocycles. The maximum absolute atomic E-state index is 4.37. The van der Waals surface area contributed by atoms with Crippen molar-refractivity contribution in [3.8, 4) is 0 Å². The molecule has 2 atom stereocenters. The molecule has 11 heavy (non-hydrogen) atoms. The molecule has 1 N–H and O–H groups in total. The number of nitrogens with one attached hydrogen (secondary N) is 1. The Labute approximate surface area is 68.5 Å². The molecule has 1 rings (SSSR count). The Bertz CT molecular complexity index is 144. The van der Waals surface area contributed by atoms with Crippen molar-refractivity contribution in [1.82, 2.24) is 10.2 Å². The van der Waals surface area contributed by atoms with Gasteiger partial charge in [0.05, 0.1) is 0 Å². The molecule has 0 saturated carbocycles. The van der Waals surface area contributed by atoms with Crippen LogP contribution in [0.3, 0.4) is 0 Å². The summed E-state index contributed by atoms with van der Waals surface area (Å²) in [6.45, 7) is 3.32. The molecule has 1 heterocycles. The van der Waals surface area contributed by atoms with Crippen molar-refractivity contribution in [2.24, 2.45) is 10.9 Å². The Balaban J connectivity index is 2.51. The summed E-state index contributed by atoms with van der Waals surface area (Å²) in [5, 5.41) is 3.13. The molecule has 0 aromatic heterocycles. The third-order valence-electron chi connectivity index (χ3n) is 2.16. The molecule has 3 heteroatoms. The second-order valence-corrected chi connectivity index (χ2v) is 3.07. The predicted molar refractivity (Wildman–Crippen MR) is 47.8 cm³/mol. The summed E-state index contributed by atoms with van der Waals surface area (Å²) in [6, 6.07) is 0. The Morgan fingerprint density at radius 3 is 2.91 bits per heavy atom. The molecular formula is C8H17N3. The number of nitrogens with zero attached hydrogens (tertiary/aromatic N) is 2. The van der Waals surface area contributed by atoms with Crippen molar-refractivity contribution in [2.45, 2.75) is 19.6 Å². The zero-order chi connectivity index (χ0) is 8.27. The van der Waals surface area contributed by atoms with Crippen molar-refractivity contribution in [3.05, 3.63) is 0 Å². The summed E-state index contributed by atoms with van der Waals surface area (Å²) in [4.78, 5) is 6.60. The molecule has 0 bridgehead atoms. The molecule has 0 aliphatic carbocycles. The monoisotopic (exact) mass is 155 g/mol. The van der Waals surface area contributed by atoms with E-state index < -0.39 is 0 Å². The third kappa shape index (κ3) is 2.01. The van der Waals surface area contributed by atoms with E-state index in [0.29, 0.717) is 5.92 Å². The van der Waals surface area contributed by atoms with E-state index in [1.165, 1.54) is 6.42 Å². The van der Waals surface area contributed by atoms with E-state index in [1.807, 2.05) is 7.05 Å². The van der Waals surface area contributed by atoms with Crippen LogP contribution in [0.5, 0.6) is 0 Å². The van der Waals surface area contributed by atoms with E-state index >= 15 is 0 Å². The van der Waals surface area contributed by atoms with Crippen LogP contribution >= 0.6 is 0 Å². The summed E-state index contributed by atoms with van der Waals surface area (Å²) in [7, 11) is 4.03. The smallest absolute Gasteiger partial charge is 0.155 e. The molecule has 0 aromatic carbocycles. The van der Waals surface area contributed by atoms with Crippen LogP contribution in [0.15, 0.2) is 4.99 Å². The van der Waals surface area contributed by atoms with Crippen LogP contribution in [-0.2, 0) is 0 Å². The highest BCUT2D eigenvalue weighted by Gasteiger charge is 2.18. The van der Waals surface area contributed by atoms with Gasteiger partial charge in [-0.15, -0.1) is 0 Å². The van der Waals surface area contributed by atoms with Gasteiger partial charge in [0.2, 0.25) is 0 Å². The van der Waals surface area contributed by atoms with Crippen molar-refractivity contribution in [2.75, 3.05) is 20.6 Å². The van der Waals surface area contributed by atoms with E-state index in [9.17, 15) is 0 Å². The van der Waals surface area contributed by atoms with Gasteiger partial charge in [-0.3, -0.25) is 15.2 Å². The van der Waals surface area contributed by atoms with Crippen LogP contribution < -0.4 is 5.32 Å². The fraction of sp³-hybridized carbons (Fsp3) is 0.875. The number of aliphatic imine (C=N–C) groups is 1. The van der Waals surface area contributed by atoms with Gasteiger partial charge in [0.15, 0.2) is 6.29 Å². The van der Waals surface area contributed by atoms with E-state index in [0.717, 1.165) is 6.54 Å². The van der Waals surface area contributed by atoms with Gasteiger partial charge in [-0.2, -0.15) is 0 Å². The molecule has 0 saturated heterocycles. The van der Waals surface area contributed by atoms with Crippen molar-refractivity contribution < 1.29 is 0 Å². The summed E-state index contributed by atoms with van der Waals surface area (Å²) >= 11 is 0. The Morgan fingerprint density at radius 1 is 1.73 bits per heavy atom. The second kappa shape index (κ2) is 3.83. The average Bonchev–Trinajstić information content (AvgIpc) is 2.04. The lowest BCUT2D eigenvalue weighted by atomic mass is 10.1. The highest BCUT2D eigenvalue weighted by molar-refractivity contribution is 5.61. The minimum absolute atomic E-state index is 0.192. The molecular weight excluding hydrogens is 138 g/mol. The quantitative estimate of drug-likeness (QED) is 0.630. The summed E-state index contributed by atoms with van der Waals surface area (Å²) < 4.78 is 0. The predicted octanol–water partition coefficient (Wildman–Crippen LogP) is 0.532. The molecule has 0 fully saturated rings. The highest BCUT2D eigenvalue weighted by Crippen LogP contribution is 2.09. The molecule has 2 unspecified atom stereocenters. The first-order valence-corrected chi connectivity index (χ1v) is 4.18. The van der Waals surface area contributed by atoms with Gasteiger partial charge >= 0.3 is 0 Å². The van der Waals surface area contributed by atoms with Gasteiger partial charge in [0, 0.05) is 18.7 Å². The first-order chi connectivity index (χ1) is 5.27. The van der Waals surface area contributed by atoms with E-state index in [4.69, 9.17) is 0 Å². The minimum Gasteiger partial charge on any atom is -0.286 e. The van der Waals surface area contributed by atoms with Gasteiger partial charge in [-0.05, 0) is 20.5 Å². The fourth-order valence-electron chi connectivity index (χ4n) is 1.36. The maximum Gasteiger partial charge on any atom is 0.155 e. The topological polar surface area (TPSA) is 27.6 Å². The van der Waals surface area contributed by atoms with Crippen molar-refractivity contribution in [1.29, 1.82) is 0 Å². The van der Waals surface area contributed by atoms with Crippen LogP contribution in [0.1, 0.15) is 13.3 Å². The zero-order valence-electron chi connectivity index (χ0n) is 7.54. The van der Waals surface area contributed by atoms with Crippen LogP contribution in [0.25, 0.3) is 0 Å². The first-order valence-electron chi connectivity index (χ1n) is 4.18. The Kier molecular flexibility index (Phi) is 3.02. The molecule has 1 aliphatic rings. The van der Waals surface area contributed by atoms with E-state index in [1.54, 1.807) is 0 Å². The summed E-state index contributed by atoms with van der Waals surface area (Å²) in [5.41, 5.74) is 0. The normalized spacial score (nSPS) is 32.6. The van der Waals surface area contributed by atoms with Crippen LogP contribution in [0, 0.1) is 5.92 Å². The molecule has 3 nitrogen and oxygen atoms in total. The lowest BCUT2D eigenvalue weighted by Gasteiger charge is -2.30. The lowest BCUT2D eigenvalue weighted by molar-refractivity contribution is 0.192. The number of rotatable bonds is 2. The molecule has 0 spiro atoms. The van der Waals surface area contributed by atoms with Crippen LogP contribution in [-0.4, -0.2) is 38.0 Å². The fourth-order valence-corrected chi connectivity index (χ4v) is 1.36. The SMILES string of the molecule is CCC1C=NC(NC)N(C)C1. The van der Waals surface area contributed by atoms with Crippen LogP contribution in [0.2, 0.25) is 0 Å². The largest absolute Gasteiger partial charge is 0.286 e. The van der Waals surface area contributed by atoms with Gasteiger partial charge in [-0.25, -0.2) is 0 Å². The summed E-state index contributed by atoms with van der Waals surface area (Å²) in [6.07, 6.45) is 3.45. The zero-order valence-corrected chi connectivity index (χ0v) is 7.54. The van der Waals surface area contributed by atoms with Gasteiger partial charge in [0.1, 0.15) is 0 Å². The minimum atomic E-state index is 0.192. The van der Waals surface area contributed by atoms with Crippen LogP contribution in [0.4, 0.5) is 0 Å². The lowest BCUT2D eigenvalue weighted by Crippen LogP contribution is -2.45. The Morgan fingerprint density at radius 2 is 2.45 bits per heavy atom. The van der Waals surface area contributed by atoms with Crippen molar-refractivity contribution >= 4 is 6.21 Å². The van der Waals surface area contributed by atoms with Gasteiger partial charge in [0.25, 0.3) is 0 Å². The van der Waals surface area contributed by atoms with E-state index in [2.05, 4.69) is 35.4 Å². The molecule has 0 aromatic rings. The third-order valence-corrected chi connectivity index (χ3v) is 2.16. The molecule has 64 valence electrons. The highest BCUT2D eigenvalue weighted by atomic mass is 15.3. The summed E-state index contributed by atoms with van der Waals surface area (Å²) in [5.74, 6) is 0.643. The maximum atomic E-state index is 4.37. The number of hydrogen-bond acceptors (Lipinski definition) is 3. The molecule has 0 radical (unpaired) electrons. The average molecular weight is 155 g/mol. The van der Waals surface area contributed by atoms with Gasteiger partial charge in [-0.1, -0.05) is 6.92 Å². The Hall–Kier alpha value is -0.410. The van der Waals surface area contributed by atoms with Gasteiger partial charge < -0.3 is 0 Å². The first kappa shape index (κ1) is 8.68.